The van der Waals surface area contributed by atoms with Crippen molar-refractivity contribution < 1.29 is 27.4 Å². The van der Waals surface area contributed by atoms with E-state index in [1.807, 2.05) is 19.1 Å². The topological polar surface area (TPSA) is 58.4 Å². The number of halogens is 3. The van der Waals surface area contributed by atoms with E-state index in [4.69, 9.17) is 14.2 Å². The van der Waals surface area contributed by atoms with Gasteiger partial charge in [-0.25, -0.2) is 4.68 Å². The number of aromatic nitrogens is 3. The lowest BCUT2D eigenvalue weighted by molar-refractivity contribution is -0.138. The molecular weight excluding hydrogens is 399 g/mol. The average Bonchev–Trinajstić information content (AvgIpc) is 3.09. The third-order valence-corrected chi connectivity index (χ3v) is 4.91. The molecule has 1 aliphatic heterocycles. The maximum atomic E-state index is 13.2. The van der Waals surface area contributed by atoms with Gasteiger partial charge in [0, 0.05) is 24.9 Å². The van der Waals surface area contributed by atoms with Gasteiger partial charge in [0.05, 0.1) is 42.3 Å². The molecule has 1 atom stereocenters. The van der Waals surface area contributed by atoms with Crippen LogP contribution in [0, 0.1) is 0 Å². The average molecular weight is 419 g/mol. The summed E-state index contributed by atoms with van der Waals surface area (Å²) < 4.78 is 57.9. The molecule has 0 spiro atoms. The Labute approximate surface area is 171 Å². The summed E-state index contributed by atoms with van der Waals surface area (Å²) in [5.74, 6) is 0.135. The first-order valence-corrected chi connectivity index (χ1v) is 9.36. The van der Waals surface area contributed by atoms with Gasteiger partial charge in [0.2, 0.25) is 5.88 Å². The van der Waals surface area contributed by atoms with Crippen LogP contribution in [0.3, 0.4) is 0 Å². The second-order valence-corrected chi connectivity index (χ2v) is 6.99. The van der Waals surface area contributed by atoms with Crippen LogP contribution >= 0.6 is 0 Å². The van der Waals surface area contributed by atoms with Crippen molar-refractivity contribution in [2.45, 2.75) is 38.8 Å². The predicted octanol–water partition coefficient (Wildman–Crippen LogP) is 4.33. The van der Waals surface area contributed by atoms with Gasteiger partial charge in [-0.15, -0.1) is 5.10 Å². The monoisotopic (exact) mass is 419 g/mol. The molecule has 0 amide bonds. The summed E-state index contributed by atoms with van der Waals surface area (Å²) >= 11 is 0. The Bertz CT molecular complexity index is 1040. The van der Waals surface area contributed by atoms with Crippen LogP contribution in [0.15, 0.2) is 42.7 Å². The first-order chi connectivity index (χ1) is 14.4. The number of rotatable bonds is 5. The number of methoxy groups -OCH3 is 1. The maximum Gasteiger partial charge on any atom is 0.419 e. The molecule has 0 saturated heterocycles. The molecule has 0 bridgehead atoms. The Morgan fingerprint density at radius 3 is 2.67 bits per heavy atom. The largest absolute Gasteiger partial charge is 0.496 e. The number of hydrogen-bond acceptors (Lipinski definition) is 5. The molecule has 0 N–H and O–H groups in total. The smallest absolute Gasteiger partial charge is 0.419 e. The first kappa shape index (κ1) is 20.2. The van der Waals surface area contributed by atoms with Crippen molar-refractivity contribution in [2.75, 3.05) is 7.11 Å². The minimum absolute atomic E-state index is 0.0441. The lowest BCUT2D eigenvalue weighted by Crippen LogP contribution is -2.21. The Morgan fingerprint density at radius 2 is 1.97 bits per heavy atom. The molecule has 9 heteroatoms. The lowest BCUT2D eigenvalue weighted by Gasteiger charge is -2.21. The van der Waals surface area contributed by atoms with Crippen molar-refractivity contribution in [3.05, 3.63) is 65.1 Å². The van der Waals surface area contributed by atoms with Gasteiger partial charge in [-0.3, -0.25) is 4.98 Å². The molecule has 0 unspecified atom stereocenters. The van der Waals surface area contributed by atoms with Gasteiger partial charge in [-0.1, -0.05) is 0 Å². The standard InChI is InChI=1S/C21H20F3N3O3/c1-13-9-18-16(12-29-13)20(30-11-14-5-7-25-8-6-14)26-27(18)15-3-4-17(21(22,23)24)19(10-15)28-2/h3-8,10,13H,9,11-12H2,1-2H3/t13-/m1/s1. The summed E-state index contributed by atoms with van der Waals surface area (Å²) in [4.78, 5) is 3.98. The molecule has 0 fully saturated rings. The number of nitrogens with zero attached hydrogens (tertiary/aromatic N) is 3. The highest BCUT2D eigenvalue weighted by molar-refractivity contribution is 5.48. The third-order valence-electron chi connectivity index (χ3n) is 4.91. The van der Waals surface area contributed by atoms with Crippen LogP contribution < -0.4 is 9.47 Å². The minimum Gasteiger partial charge on any atom is -0.496 e. The number of fused-ring (bicyclic) bond motifs is 1. The molecule has 6 nitrogen and oxygen atoms in total. The zero-order valence-corrected chi connectivity index (χ0v) is 16.4. The first-order valence-electron chi connectivity index (χ1n) is 9.36. The number of ether oxygens (including phenoxy) is 3. The molecule has 4 rings (SSSR count). The number of alkyl halides is 3. The summed E-state index contributed by atoms with van der Waals surface area (Å²) in [5.41, 5.74) is 2.19. The van der Waals surface area contributed by atoms with Gasteiger partial charge < -0.3 is 14.2 Å². The zero-order chi connectivity index (χ0) is 21.3. The fourth-order valence-corrected chi connectivity index (χ4v) is 3.38. The summed E-state index contributed by atoms with van der Waals surface area (Å²) in [6.45, 7) is 2.54. The van der Waals surface area contributed by atoms with Gasteiger partial charge >= 0.3 is 6.18 Å². The van der Waals surface area contributed by atoms with Gasteiger partial charge in [-0.05, 0) is 36.8 Å². The quantitative estimate of drug-likeness (QED) is 0.616. The lowest BCUT2D eigenvalue weighted by atomic mass is 10.1. The molecule has 0 saturated carbocycles. The van der Waals surface area contributed by atoms with Crippen LogP contribution in [0.2, 0.25) is 0 Å². The highest BCUT2D eigenvalue weighted by atomic mass is 19.4. The third kappa shape index (κ3) is 3.97. The SMILES string of the molecule is COc1cc(-n2nc(OCc3ccncc3)c3c2C[C@@H](C)OC3)ccc1C(F)(F)F. The molecule has 1 aromatic carbocycles. The normalized spacial score (nSPS) is 16.2. The van der Waals surface area contributed by atoms with Gasteiger partial charge in [0.25, 0.3) is 0 Å². The second-order valence-electron chi connectivity index (χ2n) is 6.99. The van der Waals surface area contributed by atoms with E-state index < -0.39 is 11.7 Å². The van der Waals surface area contributed by atoms with E-state index in [0.29, 0.717) is 24.6 Å². The molecule has 0 aliphatic carbocycles. The van der Waals surface area contributed by atoms with E-state index in [1.165, 1.54) is 19.2 Å². The number of benzene rings is 1. The summed E-state index contributed by atoms with van der Waals surface area (Å²) in [7, 11) is 1.21. The van der Waals surface area contributed by atoms with E-state index in [0.717, 1.165) is 22.9 Å². The van der Waals surface area contributed by atoms with Gasteiger partial charge in [0.1, 0.15) is 12.4 Å². The highest BCUT2D eigenvalue weighted by Crippen LogP contribution is 2.38. The Kier molecular flexibility index (Phi) is 5.38. The van der Waals surface area contributed by atoms with Crippen LogP contribution in [-0.4, -0.2) is 28.0 Å². The van der Waals surface area contributed by atoms with Gasteiger partial charge in [-0.2, -0.15) is 13.2 Å². The predicted molar refractivity (Wildman–Crippen MR) is 102 cm³/mol. The molecule has 2 aromatic heterocycles. The minimum atomic E-state index is -4.51. The second kappa shape index (κ2) is 7.98. The van der Waals surface area contributed by atoms with E-state index in [-0.39, 0.29) is 18.5 Å². The molecule has 30 heavy (non-hydrogen) atoms. The zero-order valence-electron chi connectivity index (χ0n) is 16.4. The van der Waals surface area contributed by atoms with Crippen LogP contribution in [-0.2, 0) is 30.5 Å². The summed E-state index contributed by atoms with van der Waals surface area (Å²) in [6.07, 6.45) is -0.644. The Morgan fingerprint density at radius 1 is 1.20 bits per heavy atom. The van der Waals surface area contributed by atoms with E-state index in [9.17, 15) is 13.2 Å². The van der Waals surface area contributed by atoms with Crippen molar-refractivity contribution in [2.24, 2.45) is 0 Å². The summed E-state index contributed by atoms with van der Waals surface area (Å²) in [6, 6.07) is 7.39. The van der Waals surface area contributed by atoms with Crippen LogP contribution in [0.25, 0.3) is 5.69 Å². The van der Waals surface area contributed by atoms with Gasteiger partial charge in [0.15, 0.2) is 0 Å². The van der Waals surface area contributed by atoms with Crippen molar-refractivity contribution >= 4 is 0 Å². The summed E-state index contributed by atoms with van der Waals surface area (Å²) in [5, 5.41) is 4.54. The Hall–Kier alpha value is -3.07. The molecular formula is C21H20F3N3O3. The van der Waals surface area contributed by atoms with Crippen molar-refractivity contribution in [3.8, 4) is 17.3 Å². The van der Waals surface area contributed by atoms with Crippen LogP contribution in [0.5, 0.6) is 11.6 Å². The molecule has 0 radical (unpaired) electrons. The molecule has 158 valence electrons. The van der Waals surface area contributed by atoms with Crippen molar-refractivity contribution in [1.82, 2.24) is 14.8 Å². The fraction of sp³-hybridized carbons (Fsp3) is 0.333. The molecule has 3 aromatic rings. The maximum absolute atomic E-state index is 13.2. The van der Waals surface area contributed by atoms with E-state index in [1.54, 1.807) is 17.1 Å². The van der Waals surface area contributed by atoms with Crippen LogP contribution in [0.1, 0.15) is 29.3 Å². The fourth-order valence-electron chi connectivity index (χ4n) is 3.38. The number of pyridine rings is 1. The number of hydrogen-bond donors (Lipinski definition) is 0. The molecule has 3 heterocycles. The van der Waals surface area contributed by atoms with Crippen LogP contribution in [0.4, 0.5) is 13.2 Å². The molecule has 1 aliphatic rings. The Balaban J connectivity index is 1.72. The highest BCUT2D eigenvalue weighted by Gasteiger charge is 2.35. The van der Waals surface area contributed by atoms with Crippen molar-refractivity contribution in [3.63, 3.8) is 0 Å². The van der Waals surface area contributed by atoms with E-state index >= 15 is 0 Å². The van der Waals surface area contributed by atoms with Crippen molar-refractivity contribution in [1.29, 1.82) is 0 Å². The van der Waals surface area contributed by atoms with E-state index in [2.05, 4.69) is 10.1 Å².